The van der Waals surface area contributed by atoms with Crippen LogP contribution >= 0.6 is 0 Å². The van der Waals surface area contributed by atoms with Crippen LogP contribution in [-0.4, -0.2) is 29.1 Å². The highest BCUT2D eigenvalue weighted by molar-refractivity contribution is 5.31. The Balaban J connectivity index is 1.88. The van der Waals surface area contributed by atoms with E-state index in [4.69, 9.17) is 0 Å². The molecule has 0 amide bonds. The second-order valence-corrected chi connectivity index (χ2v) is 5.80. The summed E-state index contributed by atoms with van der Waals surface area (Å²) in [5.74, 6) is 0. The van der Waals surface area contributed by atoms with Crippen molar-refractivity contribution in [3.63, 3.8) is 0 Å². The molecule has 1 aromatic carbocycles. The SMILES string of the molecule is OC1(c2ccc(C(F)(F)F)cc2)CCN2CCCCC21. The lowest BCUT2D eigenvalue weighted by atomic mass is 9.82. The number of halogens is 3. The predicted molar refractivity (Wildman–Crippen MR) is 69.2 cm³/mol. The first kappa shape index (κ1) is 13.9. The summed E-state index contributed by atoms with van der Waals surface area (Å²) in [7, 11) is 0. The number of fused-ring (bicyclic) bond motifs is 1. The maximum atomic E-state index is 12.6. The lowest BCUT2D eigenvalue weighted by Gasteiger charge is -2.37. The molecule has 0 bridgehead atoms. The van der Waals surface area contributed by atoms with Gasteiger partial charge in [-0.3, -0.25) is 4.90 Å². The molecule has 2 atom stereocenters. The smallest absolute Gasteiger partial charge is 0.383 e. The van der Waals surface area contributed by atoms with Crippen molar-refractivity contribution in [2.75, 3.05) is 13.1 Å². The molecule has 0 radical (unpaired) electrons. The minimum atomic E-state index is -4.33. The highest BCUT2D eigenvalue weighted by atomic mass is 19.4. The number of hydrogen-bond acceptors (Lipinski definition) is 2. The van der Waals surface area contributed by atoms with Crippen molar-refractivity contribution in [1.82, 2.24) is 4.90 Å². The maximum Gasteiger partial charge on any atom is 0.416 e. The maximum absolute atomic E-state index is 12.6. The minimum Gasteiger partial charge on any atom is -0.383 e. The molecule has 110 valence electrons. The molecule has 2 fully saturated rings. The Morgan fingerprint density at radius 3 is 2.45 bits per heavy atom. The quantitative estimate of drug-likeness (QED) is 0.857. The van der Waals surface area contributed by atoms with Crippen molar-refractivity contribution in [2.24, 2.45) is 0 Å². The van der Waals surface area contributed by atoms with Gasteiger partial charge in [-0.2, -0.15) is 13.2 Å². The summed E-state index contributed by atoms with van der Waals surface area (Å²) in [6.07, 6.45) is -0.599. The van der Waals surface area contributed by atoms with E-state index in [1.165, 1.54) is 12.1 Å². The average Bonchev–Trinajstić information content (AvgIpc) is 2.78. The van der Waals surface area contributed by atoms with Crippen LogP contribution in [0.15, 0.2) is 24.3 Å². The van der Waals surface area contributed by atoms with Gasteiger partial charge in [-0.05, 0) is 43.5 Å². The van der Waals surface area contributed by atoms with E-state index in [0.717, 1.165) is 44.5 Å². The zero-order chi connectivity index (χ0) is 14.4. The fraction of sp³-hybridized carbons (Fsp3) is 0.600. The molecule has 2 unspecified atom stereocenters. The normalized spacial score (nSPS) is 31.3. The van der Waals surface area contributed by atoms with E-state index in [2.05, 4.69) is 4.90 Å². The van der Waals surface area contributed by atoms with Gasteiger partial charge in [0.25, 0.3) is 0 Å². The van der Waals surface area contributed by atoms with E-state index in [1.807, 2.05) is 0 Å². The Bertz CT molecular complexity index is 485. The van der Waals surface area contributed by atoms with Gasteiger partial charge >= 0.3 is 6.18 Å². The van der Waals surface area contributed by atoms with E-state index in [9.17, 15) is 18.3 Å². The van der Waals surface area contributed by atoms with Gasteiger partial charge in [0, 0.05) is 12.6 Å². The van der Waals surface area contributed by atoms with Crippen LogP contribution in [0.2, 0.25) is 0 Å². The molecule has 1 aromatic rings. The Kier molecular flexibility index (Phi) is 3.29. The van der Waals surface area contributed by atoms with E-state index in [-0.39, 0.29) is 6.04 Å². The van der Waals surface area contributed by atoms with Crippen LogP contribution in [0, 0.1) is 0 Å². The van der Waals surface area contributed by atoms with Crippen molar-refractivity contribution >= 4 is 0 Å². The number of nitrogens with zero attached hydrogens (tertiary/aromatic N) is 1. The molecule has 0 spiro atoms. The van der Waals surface area contributed by atoms with E-state index in [1.54, 1.807) is 0 Å². The molecule has 0 aromatic heterocycles. The van der Waals surface area contributed by atoms with Crippen LogP contribution in [-0.2, 0) is 11.8 Å². The summed E-state index contributed by atoms with van der Waals surface area (Å²) in [5, 5.41) is 10.9. The number of alkyl halides is 3. The van der Waals surface area contributed by atoms with Gasteiger partial charge in [-0.25, -0.2) is 0 Å². The van der Waals surface area contributed by atoms with Gasteiger partial charge in [0.2, 0.25) is 0 Å². The van der Waals surface area contributed by atoms with Crippen molar-refractivity contribution in [1.29, 1.82) is 0 Å². The number of aliphatic hydroxyl groups is 1. The zero-order valence-electron chi connectivity index (χ0n) is 11.2. The Morgan fingerprint density at radius 1 is 1.10 bits per heavy atom. The first-order valence-electron chi connectivity index (χ1n) is 7.05. The summed E-state index contributed by atoms with van der Waals surface area (Å²) >= 11 is 0. The van der Waals surface area contributed by atoms with Crippen LogP contribution in [0.25, 0.3) is 0 Å². The highest BCUT2D eigenvalue weighted by Gasteiger charge is 2.47. The summed E-state index contributed by atoms with van der Waals surface area (Å²) in [5.41, 5.74) is -1.05. The van der Waals surface area contributed by atoms with Gasteiger partial charge < -0.3 is 5.11 Å². The Hall–Kier alpha value is -1.07. The van der Waals surface area contributed by atoms with E-state index < -0.39 is 17.3 Å². The second kappa shape index (κ2) is 4.74. The van der Waals surface area contributed by atoms with E-state index in [0.29, 0.717) is 12.0 Å². The molecule has 2 saturated heterocycles. The summed E-state index contributed by atoms with van der Waals surface area (Å²) in [4.78, 5) is 2.27. The third-order valence-corrected chi connectivity index (χ3v) is 4.66. The fourth-order valence-electron chi connectivity index (χ4n) is 3.56. The molecule has 1 N–H and O–H groups in total. The molecule has 2 aliphatic heterocycles. The summed E-state index contributed by atoms with van der Waals surface area (Å²) in [6, 6.07) is 5.05. The van der Waals surface area contributed by atoms with Crippen LogP contribution in [0.1, 0.15) is 36.8 Å². The molecule has 0 saturated carbocycles. The lowest BCUT2D eigenvalue weighted by molar-refractivity contribution is -0.137. The largest absolute Gasteiger partial charge is 0.416 e. The van der Waals surface area contributed by atoms with E-state index >= 15 is 0 Å². The highest BCUT2D eigenvalue weighted by Crippen LogP contribution is 2.42. The second-order valence-electron chi connectivity index (χ2n) is 5.80. The van der Waals surface area contributed by atoms with Crippen LogP contribution < -0.4 is 0 Å². The number of benzene rings is 1. The van der Waals surface area contributed by atoms with Crippen molar-refractivity contribution in [2.45, 2.75) is 43.5 Å². The monoisotopic (exact) mass is 285 g/mol. The van der Waals surface area contributed by atoms with Gasteiger partial charge in [0.05, 0.1) is 5.56 Å². The summed E-state index contributed by atoms with van der Waals surface area (Å²) in [6.45, 7) is 1.80. The zero-order valence-corrected chi connectivity index (χ0v) is 11.2. The molecular formula is C15H18F3NO. The van der Waals surface area contributed by atoms with Gasteiger partial charge in [-0.1, -0.05) is 18.6 Å². The van der Waals surface area contributed by atoms with Gasteiger partial charge in [0.1, 0.15) is 5.60 Å². The van der Waals surface area contributed by atoms with Crippen molar-refractivity contribution < 1.29 is 18.3 Å². The summed E-state index contributed by atoms with van der Waals surface area (Å²) < 4.78 is 37.8. The fourth-order valence-corrected chi connectivity index (χ4v) is 3.56. The third kappa shape index (κ3) is 2.23. The molecule has 2 heterocycles. The molecule has 20 heavy (non-hydrogen) atoms. The topological polar surface area (TPSA) is 23.5 Å². The Labute approximate surface area is 116 Å². The van der Waals surface area contributed by atoms with Crippen molar-refractivity contribution in [3.8, 4) is 0 Å². The van der Waals surface area contributed by atoms with Crippen LogP contribution in [0.5, 0.6) is 0 Å². The number of hydrogen-bond donors (Lipinski definition) is 1. The molecular weight excluding hydrogens is 267 g/mol. The Morgan fingerprint density at radius 2 is 1.80 bits per heavy atom. The predicted octanol–water partition coefficient (Wildman–Crippen LogP) is 3.15. The number of rotatable bonds is 1. The molecule has 2 aliphatic rings. The van der Waals surface area contributed by atoms with Gasteiger partial charge in [0.15, 0.2) is 0 Å². The first-order valence-corrected chi connectivity index (χ1v) is 7.05. The van der Waals surface area contributed by atoms with Crippen molar-refractivity contribution in [3.05, 3.63) is 35.4 Å². The molecule has 2 nitrogen and oxygen atoms in total. The number of piperidine rings is 1. The molecule has 3 rings (SSSR count). The standard InChI is InChI=1S/C15H18F3NO/c16-15(17,18)12-6-4-11(5-7-12)14(20)8-10-19-9-2-1-3-13(14)19/h4-7,13,20H,1-3,8-10H2. The first-order chi connectivity index (χ1) is 9.41. The van der Waals surface area contributed by atoms with Crippen LogP contribution in [0.4, 0.5) is 13.2 Å². The third-order valence-electron chi connectivity index (χ3n) is 4.66. The van der Waals surface area contributed by atoms with Gasteiger partial charge in [-0.15, -0.1) is 0 Å². The average molecular weight is 285 g/mol. The minimum absolute atomic E-state index is 0.0491. The molecule has 0 aliphatic carbocycles. The lowest BCUT2D eigenvalue weighted by Crippen LogP contribution is -2.45. The van der Waals surface area contributed by atoms with Crippen LogP contribution in [0.3, 0.4) is 0 Å². The molecule has 5 heteroatoms.